The van der Waals surface area contributed by atoms with E-state index >= 15 is 0 Å². The van der Waals surface area contributed by atoms with Crippen LogP contribution in [0.25, 0.3) is 0 Å². The van der Waals surface area contributed by atoms with Crippen LogP contribution in [0.5, 0.6) is 5.75 Å². The summed E-state index contributed by atoms with van der Waals surface area (Å²) in [7, 11) is 1.69. The Hall–Kier alpha value is -2.07. The summed E-state index contributed by atoms with van der Waals surface area (Å²) < 4.78 is 5.47. The molecule has 0 fully saturated rings. The van der Waals surface area contributed by atoms with Crippen molar-refractivity contribution >= 4 is 11.4 Å². The van der Waals surface area contributed by atoms with E-state index in [1.54, 1.807) is 7.11 Å². The minimum atomic E-state index is 0.662. The van der Waals surface area contributed by atoms with Crippen molar-refractivity contribution in [1.29, 1.82) is 0 Å². The van der Waals surface area contributed by atoms with E-state index in [0.29, 0.717) is 6.54 Å². The molecule has 4 heteroatoms. The van der Waals surface area contributed by atoms with Gasteiger partial charge < -0.3 is 15.4 Å². The maximum atomic E-state index is 5.66. The molecule has 0 amide bonds. The van der Waals surface area contributed by atoms with Gasteiger partial charge in [0.1, 0.15) is 5.75 Å². The van der Waals surface area contributed by atoms with E-state index in [4.69, 9.17) is 10.5 Å². The first-order valence-electron chi connectivity index (χ1n) is 6.79. The van der Waals surface area contributed by atoms with Gasteiger partial charge in [-0.05, 0) is 44.2 Å². The molecule has 0 bridgehead atoms. The number of aryl methyl sites for hydroxylation is 1. The van der Waals surface area contributed by atoms with E-state index < -0.39 is 0 Å². The van der Waals surface area contributed by atoms with Crippen molar-refractivity contribution in [3.8, 4) is 5.75 Å². The van der Waals surface area contributed by atoms with Gasteiger partial charge in [0, 0.05) is 24.1 Å². The maximum Gasteiger partial charge on any atom is 0.142 e. The maximum absolute atomic E-state index is 5.66. The number of methoxy groups -OCH3 is 1. The fourth-order valence-corrected chi connectivity index (χ4v) is 2.19. The third-order valence-corrected chi connectivity index (χ3v) is 3.15. The summed E-state index contributed by atoms with van der Waals surface area (Å²) in [5, 5.41) is 0. The van der Waals surface area contributed by atoms with Gasteiger partial charge in [-0.15, -0.1) is 0 Å². The van der Waals surface area contributed by atoms with Crippen molar-refractivity contribution in [2.24, 2.45) is 5.73 Å². The quantitative estimate of drug-likeness (QED) is 0.877. The third kappa shape index (κ3) is 3.27. The molecule has 2 N–H and O–H groups in total. The number of benzene rings is 1. The Morgan fingerprint density at radius 3 is 2.75 bits per heavy atom. The van der Waals surface area contributed by atoms with E-state index in [1.165, 1.54) is 0 Å². The molecular formula is C16H21N3O. The Bertz CT molecular complexity index is 557. The molecule has 0 spiro atoms. The molecule has 1 heterocycles. The van der Waals surface area contributed by atoms with Crippen LogP contribution in [-0.4, -0.2) is 25.2 Å². The van der Waals surface area contributed by atoms with Gasteiger partial charge in [0.2, 0.25) is 0 Å². The number of nitrogens with two attached hydrogens (primary N) is 1. The third-order valence-electron chi connectivity index (χ3n) is 3.15. The lowest BCUT2D eigenvalue weighted by atomic mass is 10.2. The lowest BCUT2D eigenvalue weighted by Gasteiger charge is -2.26. The second-order valence-electron chi connectivity index (χ2n) is 4.62. The highest BCUT2D eigenvalue weighted by atomic mass is 16.5. The number of anilines is 2. The largest absolute Gasteiger partial charge is 0.495 e. The van der Waals surface area contributed by atoms with Crippen LogP contribution < -0.4 is 15.4 Å². The number of rotatable bonds is 6. The average Bonchev–Trinajstić information content (AvgIpc) is 2.48. The first kappa shape index (κ1) is 14.3. The van der Waals surface area contributed by atoms with Crippen molar-refractivity contribution < 1.29 is 4.74 Å². The van der Waals surface area contributed by atoms with Crippen LogP contribution in [0.15, 0.2) is 42.6 Å². The summed E-state index contributed by atoms with van der Waals surface area (Å²) in [5.41, 5.74) is 8.82. The minimum Gasteiger partial charge on any atom is -0.495 e. The highest BCUT2D eigenvalue weighted by Gasteiger charge is 2.13. The lowest BCUT2D eigenvalue weighted by molar-refractivity contribution is 0.415. The monoisotopic (exact) mass is 271 g/mol. The second kappa shape index (κ2) is 6.91. The van der Waals surface area contributed by atoms with Crippen molar-refractivity contribution in [3.63, 3.8) is 0 Å². The fraction of sp³-hybridized carbons (Fsp3) is 0.312. The standard InChI is InChI=1S/C16H21N3O/c1-13-12-14(8-10-18-13)19(11-5-9-17)15-6-3-4-7-16(15)20-2/h3-4,6-8,10,12H,5,9,11,17H2,1-2H3. The van der Waals surface area contributed by atoms with Crippen LogP contribution >= 0.6 is 0 Å². The summed E-state index contributed by atoms with van der Waals surface area (Å²) in [5.74, 6) is 0.860. The molecule has 4 nitrogen and oxygen atoms in total. The van der Waals surface area contributed by atoms with Gasteiger partial charge in [-0.1, -0.05) is 12.1 Å². The molecule has 0 radical (unpaired) electrons. The summed E-state index contributed by atoms with van der Waals surface area (Å²) in [6.07, 6.45) is 2.74. The van der Waals surface area contributed by atoms with Gasteiger partial charge in [0.05, 0.1) is 12.8 Å². The average molecular weight is 271 g/mol. The van der Waals surface area contributed by atoms with E-state index in [9.17, 15) is 0 Å². The van der Waals surface area contributed by atoms with Crippen molar-refractivity contribution in [2.45, 2.75) is 13.3 Å². The van der Waals surface area contributed by atoms with Gasteiger partial charge in [-0.25, -0.2) is 0 Å². The van der Waals surface area contributed by atoms with Crippen molar-refractivity contribution in [2.75, 3.05) is 25.1 Å². The Morgan fingerprint density at radius 1 is 1.25 bits per heavy atom. The molecule has 0 aliphatic carbocycles. The molecule has 0 aliphatic rings. The smallest absolute Gasteiger partial charge is 0.142 e. The zero-order chi connectivity index (χ0) is 14.4. The normalized spacial score (nSPS) is 10.3. The number of nitrogens with zero attached hydrogens (tertiary/aromatic N) is 2. The first-order chi connectivity index (χ1) is 9.76. The van der Waals surface area contributed by atoms with E-state index in [2.05, 4.69) is 22.0 Å². The molecule has 2 rings (SSSR count). The van der Waals surface area contributed by atoms with E-state index in [1.807, 2.05) is 37.4 Å². The summed E-state index contributed by atoms with van der Waals surface area (Å²) >= 11 is 0. The second-order valence-corrected chi connectivity index (χ2v) is 4.62. The predicted molar refractivity (Wildman–Crippen MR) is 82.6 cm³/mol. The Labute approximate surface area is 120 Å². The molecule has 0 unspecified atom stereocenters. The lowest BCUT2D eigenvalue weighted by Crippen LogP contribution is -2.21. The summed E-state index contributed by atoms with van der Waals surface area (Å²) in [4.78, 5) is 6.48. The zero-order valence-electron chi connectivity index (χ0n) is 12.0. The highest BCUT2D eigenvalue weighted by Crippen LogP contribution is 2.33. The van der Waals surface area contributed by atoms with Gasteiger partial charge >= 0.3 is 0 Å². The Balaban J connectivity index is 2.41. The van der Waals surface area contributed by atoms with Crippen molar-refractivity contribution in [3.05, 3.63) is 48.3 Å². The number of para-hydroxylation sites is 2. The van der Waals surface area contributed by atoms with Crippen LogP contribution in [0.4, 0.5) is 11.4 Å². The summed E-state index contributed by atoms with van der Waals surface area (Å²) in [6, 6.07) is 12.1. The number of aromatic nitrogens is 1. The SMILES string of the molecule is COc1ccccc1N(CCCN)c1ccnc(C)c1. The van der Waals surface area contributed by atoms with Gasteiger partial charge in [-0.3, -0.25) is 4.98 Å². The van der Waals surface area contributed by atoms with Crippen LogP contribution in [0, 0.1) is 6.92 Å². The number of hydrogen-bond donors (Lipinski definition) is 1. The van der Waals surface area contributed by atoms with Gasteiger partial charge in [0.15, 0.2) is 0 Å². The molecule has 106 valence electrons. The molecule has 1 aromatic heterocycles. The molecule has 1 aromatic carbocycles. The van der Waals surface area contributed by atoms with Gasteiger partial charge in [-0.2, -0.15) is 0 Å². The van der Waals surface area contributed by atoms with Crippen LogP contribution in [0.3, 0.4) is 0 Å². The first-order valence-corrected chi connectivity index (χ1v) is 6.79. The fourth-order valence-electron chi connectivity index (χ4n) is 2.19. The van der Waals surface area contributed by atoms with Crippen LogP contribution in [0.2, 0.25) is 0 Å². The highest BCUT2D eigenvalue weighted by molar-refractivity contribution is 5.69. The molecule has 2 aromatic rings. The molecule has 0 saturated carbocycles. The zero-order valence-corrected chi connectivity index (χ0v) is 12.0. The molecule has 20 heavy (non-hydrogen) atoms. The van der Waals surface area contributed by atoms with E-state index in [0.717, 1.165) is 35.8 Å². The van der Waals surface area contributed by atoms with Crippen molar-refractivity contribution in [1.82, 2.24) is 4.98 Å². The van der Waals surface area contributed by atoms with E-state index in [-0.39, 0.29) is 0 Å². The Kier molecular flexibility index (Phi) is 4.96. The van der Waals surface area contributed by atoms with Gasteiger partial charge in [0.25, 0.3) is 0 Å². The molecule has 0 saturated heterocycles. The molecule has 0 aliphatic heterocycles. The summed E-state index contributed by atoms with van der Waals surface area (Å²) in [6.45, 7) is 3.50. The number of pyridine rings is 1. The number of hydrogen-bond acceptors (Lipinski definition) is 4. The van der Waals surface area contributed by atoms with Crippen LogP contribution in [-0.2, 0) is 0 Å². The predicted octanol–water partition coefficient (Wildman–Crippen LogP) is 2.89. The topological polar surface area (TPSA) is 51.4 Å². The van der Waals surface area contributed by atoms with Crippen LogP contribution in [0.1, 0.15) is 12.1 Å². The molecule has 0 atom stereocenters. The Morgan fingerprint density at radius 2 is 2.05 bits per heavy atom. The molecular weight excluding hydrogens is 250 g/mol. The minimum absolute atomic E-state index is 0.662. The number of ether oxygens (including phenoxy) is 1.